The molecule has 9 heteroatoms. The van der Waals surface area contributed by atoms with Crippen molar-refractivity contribution in [1.82, 2.24) is 5.32 Å². The fourth-order valence-corrected chi connectivity index (χ4v) is 4.51. The van der Waals surface area contributed by atoms with Gasteiger partial charge in [-0.05, 0) is 46.9 Å². The number of hydrogen-bond acceptors (Lipinski definition) is 6. The molecule has 6 nitrogen and oxygen atoms in total. The SMILES string of the molecule is Cc1c(S)cc(CNC(=O)OCC2c3ccccc3-c3ccccc32)cc1OS(=O)(=O)F. The Hall–Kier alpha value is -3.04. The summed E-state index contributed by atoms with van der Waals surface area (Å²) in [6.07, 6.45) is -0.631. The predicted octanol–water partition coefficient (Wildman–Crippen LogP) is 4.92. The highest BCUT2D eigenvalue weighted by atomic mass is 32.3. The van der Waals surface area contributed by atoms with Crippen LogP contribution in [0.25, 0.3) is 11.1 Å². The van der Waals surface area contributed by atoms with Crippen molar-refractivity contribution in [3.63, 3.8) is 0 Å². The molecule has 4 rings (SSSR count). The number of benzene rings is 3. The van der Waals surface area contributed by atoms with Crippen LogP contribution in [0, 0.1) is 6.92 Å². The first-order chi connectivity index (χ1) is 15.2. The second-order valence-corrected chi connectivity index (χ2v) is 8.83. The molecule has 0 bridgehead atoms. The predicted molar refractivity (Wildman–Crippen MR) is 121 cm³/mol. The number of rotatable bonds is 6. The van der Waals surface area contributed by atoms with Crippen LogP contribution in [-0.2, 0) is 21.8 Å². The number of carbonyl (C=O) groups excluding carboxylic acids is 1. The Morgan fingerprint density at radius 2 is 1.66 bits per heavy atom. The van der Waals surface area contributed by atoms with E-state index in [0.29, 0.717) is 16.0 Å². The molecule has 0 saturated heterocycles. The second kappa shape index (κ2) is 8.84. The third kappa shape index (κ3) is 4.73. The monoisotopic (exact) mass is 473 g/mol. The number of halogens is 1. The molecule has 0 radical (unpaired) electrons. The van der Waals surface area contributed by atoms with Crippen molar-refractivity contribution in [3.05, 3.63) is 82.9 Å². The van der Waals surface area contributed by atoms with Crippen molar-refractivity contribution in [2.45, 2.75) is 24.3 Å². The molecule has 0 unspecified atom stereocenters. The summed E-state index contributed by atoms with van der Waals surface area (Å²) in [5.74, 6) is -0.254. The normalized spacial score (nSPS) is 12.7. The van der Waals surface area contributed by atoms with E-state index < -0.39 is 16.6 Å². The maximum atomic E-state index is 12.9. The van der Waals surface area contributed by atoms with Gasteiger partial charge in [-0.3, -0.25) is 0 Å². The van der Waals surface area contributed by atoms with E-state index in [1.54, 1.807) is 13.0 Å². The summed E-state index contributed by atoms with van der Waals surface area (Å²) in [5.41, 5.74) is 5.32. The molecule has 3 aromatic carbocycles. The molecule has 1 aliphatic rings. The lowest BCUT2D eigenvalue weighted by Gasteiger charge is -2.15. The minimum absolute atomic E-state index is 0.0210. The average Bonchev–Trinajstić information content (AvgIpc) is 3.07. The third-order valence-electron chi connectivity index (χ3n) is 5.36. The second-order valence-electron chi connectivity index (χ2n) is 7.39. The molecule has 0 aromatic heterocycles. The van der Waals surface area contributed by atoms with Crippen LogP contribution < -0.4 is 9.50 Å². The van der Waals surface area contributed by atoms with Crippen LogP contribution in [0.3, 0.4) is 0 Å². The molecule has 0 fully saturated rings. The van der Waals surface area contributed by atoms with Gasteiger partial charge in [0.25, 0.3) is 0 Å². The first-order valence-corrected chi connectivity index (χ1v) is 11.5. The summed E-state index contributed by atoms with van der Waals surface area (Å²) in [7, 11) is -5.18. The molecule has 166 valence electrons. The Labute approximate surface area is 191 Å². The van der Waals surface area contributed by atoms with E-state index in [4.69, 9.17) is 4.74 Å². The van der Waals surface area contributed by atoms with E-state index in [2.05, 4.69) is 34.3 Å². The number of thiol groups is 1. The largest absolute Gasteiger partial charge is 0.488 e. The molecule has 0 saturated carbocycles. The number of fused-ring (bicyclic) bond motifs is 3. The average molecular weight is 474 g/mol. The van der Waals surface area contributed by atoms with Crippen LogP contribution in [0.2, 0.25) is 0 Å². The van der Waals surface area contributed by atoms with Crippen molar-refractivity contribution in [2.75, 3.05) is 6.61 Å². The van der Waals surface area contributed by atoms with Gasteiger partial charge in [0.1, 0.15) is 12.4 Å². The van der Waals surface area contributed by atoms with Gasteiger partial charge in [-0.2, -0.15) is 8.42 Å². The van der Waals surface area contributed by atoms with Crippen LogP contribution >= 0.6 is 12.6 Å². The summed E-state index contributed by atoms with van der Waals surface area (Å²) in [6, 6.07) is 19.0. The van der Waals surface area contributed by atoms with Crippen molar-refractivity contribution >= 4 is 29.2 Å². The summed E-state index contributed by atoms with van der Waals surface area (Å²) >= 11 is 4.24. The Morgan fingerprint density at radius 3 is 2.25 bits per heavy atom. The lowest BCUT2D eigenvalue weighted by Crippen LogP contribution is -2.25. The number of amides is 1. The first-order valence-electron chi connectivity index (χ1n) is 9.78. The maximum Gasteiger partial charge on any atom is 0.488 e. The lowest BCUT2D eigenvalue weighted by atomic mass is 9.98. The fourth-order valence-electron chi connectivity index (χ4n) is 3.85. The van der Waals surface area contributed by atoms with Crippen LogP contribution in [0.1, 0.15) is 28.2 Å². The quantitative estimate of drug-likeness (QED) is 0.393. The Kier molecular flexibility index (Phi) is 6.12. The van der Waals surface area contributed by atoms with Gasteiger partial charge >= 0.3 is 16.6 Å². The zero-order chi connectivity index (χ0) is 22.9. The maximum absolute atomic E-state index is 12.9. The van der Waals surface area contributed by atoms with E-state index in [1.807, 2.05) is 36.4 Å². The Balaban J connectivity index is 1.42. The minimum Gasteiger partial charge on any atom is -0.449 e. The van der Waals surface area contributed by atoms with E-state index in [0.717, 1.165) is 22.3 Å². The third-order valence-corrected chi connectivity index (χ3v) is 6.21. The van der Waals surface area contributed by atoms with Gasteiger partial charge in [-0.1, -0.05) is 52.4 Å². The molecular weight excluding hydrogens is 453 g/mol. The molecule has 0 heterocycles. The highest BCUT2D eigenvalue weighted by molar-refractivity contribution is 7.81. The van der Waals surface area contributed by atoms with E-state index in [-0.39, 0.29) is 24.8 Å². The molecule has 0 spiro atoms. The fraction of sp³-hybridized carbons (Fsp3) is 0.174. The molecule has 0 atom stereocenters. The molecule has 32 heavy (non-hydrogen) atoms. The van der Waals surface area contributed by atoms with Gasteiger partial charge in [0.2, 0.25) is 0 Å². The number of ether oxygens (including phenoxy) is 1. The Morgan fingerprint density at radius 1 is 1.06 bits per heavy atom. The van der Waals surface area contributed by atoms with Crippen LogP contribution in [-0.4, -0.2) is 21.1 Å². The van der Waals surface area contributed by atoms with Crippen LogP contribution in [0.5, 0.6) is 5.75 Å². The topological polar surface area (TPSA) is 81.7 Å². The van der Waals surface area contributed by atoms with Gasteiger partial charge < -0.3 is 14.2 Å². The van der Waals surface area contributed by atoms with Gasteiger partial charge in [-0.15, -0.1) is 12.6 Å². The van der Waals surface area contributed by atoms with Crippen LogP contribution in [0.4, 0.5) is 8.68 Å². The first kappa shape index (κ1) is 22.2. The standard InChI is InChI=1S/C23H20FNO5S2/c1-14-21(30-32(24,27)28)10-15(11-22(14)31)12-25-23(26)29-13-20-18-8-4-2-6-16(18)17-7-3-5-9-19(17)20/h2-11,20,31H,12-13H2,1H3,(H,25,26). The van der Waals surface area contributed by atoms with E-state index >= 15 is 0 Å². The summed E-state index contributed by atoms with van der Waals surface area (Å²) < 4.78 is 44.4. The van der Waals surface area contributed by atoms with Crippen molar-refractivity contribution in [3.8, 4) is 16.9 Å². The van der Waals surface area contributed by atoms with Gasteiger partial charge in [0, 0.05) is 22.9 Å². The van der Waals surface area contributed by atoms with Gasteiger partial charge in [0.05, 0.1) is 0 Å². The smallest absolute Gasteiger partial charge is 0.449 e. The molecule has 3 aromatic rings. The number of alkyl carbamates (subject to hydrolysis) is 1. The zero-order valence-corrected chi connectivity index (χ0v) is 18.8. The lowest BCUT2D eigenvalue weighted by molar-refractivity contribution is 0.142. The van der Waals surface area contributed by atoms with Crippen molar-refractivity contribution in [1.29, 1.82) is 0 Å². The van der Waals surface area contributed by atoms with Crippen molar-refractivity contribution in [2.24, 2.45) is 0 Å². The molecule has 1 N–H and O–H groups in total. The summed E-state index contributed by atoms with van der Waals surface area (Å²) in [5, 5.41) is 2.61. The summed E-state index contributed by atoms with van der Waals surface area (Å²) in [4.78, 5) is 12.7. The number of nitrogens with one attached hydrogen (secondary N) is 1. The molecule has 0 aliphatic heterocycles. The highest BCUT2D eigenvalue weighted by Crippen LogP contribution is 2.44. The number of carbonyl (C=O) groups is 1. The van der Waals surface area contributed by atoms with Crippen LogP contribution in [0.15, 0.2) is 65.6 Å². The molecule has 1 aliphatic carbocycles. The van der Waals surface area contributed by atoms with Gasteiger partial charge in [-0.25, -0.2) is 4.79 Å². The summed E-state index contributed by atoms with van der Waals surface area (Å²) in [6.45, 7) is 1.73. The zero-order valence-electron chi connectivity index (χ0n) is 17.0. The van der Waals surface area contributed by atoms with Crippen molar-refractivity contribution < 1.29 is 26.0 Å². The van der Waals surface area contributed by atoms with E-state index in [9.17, 15) is 17.1 Å². The highest BCUT2D eigenvalue weighted by Gasteiger charge is 2.29. The van der Waals surface area contributed by atoms with E-state index in [1.165, 1.54) is 6.07 Å². The molecule has 1 amide bonds. The Bertz CT molecular complexity index is 1250. The minimum atomic E-state index is -5.18. The number of hydrogen-bond donors (Lipinski definition) is 2. The van der Waals surface area contributed by atoms with Gasteiger partial charge in [0.15, 0.2) is 0 Å². The molecular formula is C23H20FNO5S2.